The van der Waals surface area contributed by atoms with E-state index in [9.17, 15) is 9.59 Å². The second-order valence-electron chi connectivity index (χ2n) is 6.58. The number of hydrogen-bond donors (Lipinski definition) is 0. The molecule has 0 saturated heterocycles. The fourth-order valence-electron chi connectivity index (χ4n) is 3.40. The lowest BCUT2D eigenvalue weighted by Gasteiger charge is -2.55. The molecule has 1 unspecified atom stereocenters. The van der Waals surface area contributed by atoms with E-state index >= 15 is 0 Å². The Morgan fingerprint density at radius 2 is 1.37 bits per heavy atom. The zero-order valence-corrected chi connectivity index (χ0v) is 19.5. The molecule has 0 amide bonds. The van der Waals surface area contributed by atoms with E-state index in [4.69, 9.17) is 28.4 Å². The molecule has 1 aliphatic carbocycles. The quantitative estimate of drug-likeness (QED) is 0.248. The summed E-state index contributed by atoms with van der Waals surface area (Å²) in [6, 6.07) is 0. The lowest BCUT2D eigenvalue weighted by Crippen LogP contribution is -2.70. The van der Waals surface area contributed by atoms with Crippen molar-refractivity contribution in [1.82, 2.24) is 0 Å². The summed E-state index contributed by atoms with van der Waals surface area (Å²) >= 11 is 0. The molecule has 1 atom stereocenters. The van der Waals surface area contributed by atoms with Gasteiger partial charge < -0.3 is 28.4 Å². The number of ether oxygens (including phenoxy) is 6. The van der Waals surface area contributed by atoms with Gasteiger partial charge >= 0.3 is 11.9 Å². The van der Waals surface area contributed by atoms with Crippen LogP contribution in [0.2, 0.25) is 0 Å². The van der Waals surface area contributed by atoms with Crippen LogP contribution in [0.3, 0.4) is 0 Å². The molecule has 8 heteroatoms. The van der Waals surface area contributed by atoms with Gasteiger partial charge in [0.05, 0.1) is 0 Å². The van der Waals surface area contributed by atoms with Gasteiger partial charge in [0.1, 0.15) is 11.7 Å². The van der Waals surface area contributed by atoms with Gasteiger partial charge in [-0.05, 0) is 54.5 Å². The molecule has 30 heavy (non-hydrogen) atoms. The fraction of sp³-hybridized carbons (Fsp3) is 0.727. The third kappa shape index (κ3) is 4.77. The van der Waals surface area contributed by atoms with Crippen molar-refractivity contribution in [2.24, 2.45) is 5.92 Å². The van der Waals surface area contributed by atoms with Crippen LogP contribution >= 0.6 is 0 Å². The van der Waals surface area contributed by atoms with Gasteiger partial charge in [-0.25, -0.2) is 0 Å². The zero-order valence-electron chi connectivity index (χ0n) is 19.5. The van der Waals surface area contributed by atoms with Gasteiger partial charge in [-0.15, -0.1) is 0 Å². The minimum atomic E-state index is -1.52. The van der Waals surface area contributed by atoms with Crippen molar-refractivity contribution in [2.45, 2.75) is 73.4 Å². The highest BCUT2D eigenvalue weighted by Crippen LogP contribution is 2.54. The van der Waals surface area contributed by atoms with Crippen LogP contribution in [0.25, 0.3) is 0 Å². The van der Waals surface area contributed by atoms with Gasteiger partial charge in [-0.1, -0.05) is 6.92 Å². The zero-order chi connectivity index (χ0) is 22.9. The SMILES string of the molecule is C/C=C(\OC(=O)CC)C(C)C(=O)OC1=C(C)C(OCC)(OCC)C1(OCC)OCC. The molecule has 0 fully saturated rings. The Bertz CT molecular complexity index is 652. The van der Waals surface area contributed by atoms with E-state index in [1.54, 1.807) is 47.6 Å². The van der Waals surface area contributed by atoms with Gasteiger partial charge in [0.25, 0.3) is 11.6 Å². The van der Waals surface area contributed by atoms with Crippen LogP contribution in [-0.4, -0.2) is 49.9 Å². The number of carbonyl (C=O) groups excluding carboxylic acids is 2. The van der Waals surface area contributed by atoms with Crippen LogP contribution < -0.4 is 0 Å². The van der Waals surface area contributed by atoms with Crippen LogP contribution in [0.1, 0.15) is 61.8 Å². The molecular formula is C22H36O8. The highest BCUT2D eigenvalue weighted by atomic mass is 16.8. The second kappa shape index (κ2) is 11.6. The number of rotatable bonds is 13. The average molecular weight is 429 g/mol. The predicted octanol–water partition coefficient (Wildman–Crippen LogP) is 3.85. The minimum absolute atomic E-state index is 0.197. The topological polar surface area (TPSA) is 89.5 Å². The Morgan fingerprint density at radius 1 is 0.900 bits per heavy atom. The Hall–Kier alpha value is -1.74. The normalized spacial score (nSPS) is 18.6. The maximum atomic E-state index is 12.9. The summed E-state index contributed by atoms with van der Waals surface area (Å²) in [7, 11) is 0. The summed E-state index contributed by atoms with van der Waals surface area (Å²) in [5.41, 5.74) is 0.557. The monoisotopic (exact) mass is 428 g/mol. The smallest absolute Gasteiger partial charge is 0.321 e. The van der Waals surface area contributed by atoms with Crippen molar-refractivity contribution in [3.8, 4) is 0 Å². The van der Waals surface area contributed by atoms with E-state index in [0.717, 1.165) is 0 Å². The summed E-state index contributed by atoms with van der Waals surface area (Å²) < 4.78 is 34.8. The van der Waals surface area contributed by atoms with Crippen molar-refractivity contribution < 1.29 is 38.0 Å². The predicted molar refractivity (Wildman–Crippen MR) is 110 cm³/mol. The van der Waals surface area contributed by atoms with E-state index in [0.29, 0.717) is 18.8 Å². The summed E-state index contributed by atoms with van der Waals surface area (Å²) in [6.45, 7) is 15.3. The van der Waals surface area contributed by atoms with Crippen LogP contribution in [0, 0.1) is 5.92 Å². The molecule has 0 N–H and O–H groups in total. The first kappa shape index (κ1) is 26.3. The van der Waals surface area contributed by atoms with E-state index in [2.05, 4.69) is 0 Å². The first-order valence-electron chi connectivity index (χ1n) is 10.6. The third-order valence-corrected chi connectivity index (χ3v) is 4.74. The van der Waals surface area contributed by atoms with E-state index < -0.39 is 29.4 Å². The standard InChI is InChI=1S/C22H36O8/c1-9-17(29-18(23)10-2)15(7)20(24)30-19-16(8)21(25-11-3,26-12-4)22(19,27-13-5)28-14-6/h9,15H,10-14H2,1-8H3/b17-9-. The van der Waals surface area contributed by atoms with Gasteiger partial charge in [0, 0.05) is 38.4 Å². The number of carbonyl (C=O) groups is 2. The lowest BCUT2D eigenvalue weighted by atomic mass is 9.80. The Morgan fingerprint density at radius 3 is 1.77 bits per heavy atom. The average Bonchev–Trinajstić information content (AvgIpc) is 2.74. The molecule has 8 nitrogen and oxygen atoms in total. The molecule has 0 aliphatic heterocycles. The third-order valence-electron chi connectivity index (χ3n) is 4.74. The van der Waals surface area contributed by atoms with Gasteiger partial charge in [0.2, 0.25) is 0 Å². The van der Waals surface area contributed by atoms with Crippen LogP contribution in [0.15, 0.2) is 23.2 Å². The molecule has 172 valence electrons. The van der Waals surface area contributed by atoms with Crippen molar-refractivity contribution >= 4 is 11.9 Å². The largest absolute Gasteiger partial charge is 0.431 e. The van der Waals surface area contributed by atoms with Gasteiger partial charge in [-0.2, -0.15) is 0 Å². The number of allylic oxidation sites excluding steroid dienone is 1. The van der Waals surface area contributed by atoms with E-state index in [1.165, 1.54) is 0 Å². The summed E-state index contributed by atoms with van der Waals surface area (Å²) in [4.78, 5) is 24.6. The molecule has 0 saturated carbocycles. The molecule has 1 aliphatic rings. The highest BCUT2D eigenvalue weighted by Gasteiger charge is 2.71. The van der Waals surface area contributed by atoms with E-state index in [1.807, 2.05) is 13.8 Å². The second-order valence-corrected chi connectivity index (χ2v) is 6.58. The molecule has 0 radical (unpaired) electrons. The first-order chi connectivity index (χ1) is 14.2. The van der Waals surface area contributed by atoms with Crippen LogP contribution in [-0.2, 0) is 38.0 Å². The van der Waals surface area contributed by atoms with Crippen molar-refractivity contribution in [2.75, 3.05) is 26.4 Å². The minimum Gasteiger partial charge on any atom is -0.431 e. The van der Waals surface area contributed by atoms with Crippen molar-refractivity contribution in [1.29, 1.82) is 0 Å². The maximum Gasteiger partial charge on any atom is 0.321 e. The van der Waals surface area contributed by atoms with Crippen LogP contribution in [0.4, 0.5) is 0 Å². The molecule has 0 spiro atoms. The van der Waals surface area contributed by atoms with Crippen molar-refractivity contribution in [3.63, 3.8) is 0 Å². The van der Waals surface area contributed by atoms with E-state index in [-0.39, 0.29) is 31.2 Å². The summed E-state index contributed by atoms with van der Waals surface area (Å²) in [6.07, 6.45) is 1.77. The maximum absolute atomic E-state index is 12.9. The molecule has 0 bridgehead atoms. The summed E-state index contributed by atoms with van der Waals surface area (Å²) in [5.74, 6) is -4.25. The Labute approximate surface area is 179 Å². The Balaban J connectivity index is 3.30. The van der Waals surface area contributed by atoms with Crippen molar-refractivity contribution in [3.05, 3.63) is 23.2 Å². The molecular weight excluding hydrogens is 392 g/mol. The molecule has 1 rings (SSSR count). The fourth-order valence-corrected chi connectivity index (χ4v) is 3.40. The molecule has 0 heterocycles. The highest BCUT2D eigenvalue weighted by molar-refractivity contribution is 5.78. The molecule has 0 aromatic rings. The first-order valence-corrected chi connectivity index (χ1v) is 10.6. The Kier molecular flexibility index (Phi) is 10.2. The number of esters is 2. The summed E-state index contributed by atoms with van der Waals surface area (Å²) in [5, 5.41) is 0. The molecule has 0 aromatic carbocycles. The van der Waals surface area contributed by atoms with Crippen LogP contribution in [0.5, 0.6) is 0 Å². The number of hydrogen-bond acceptors (Lipinski definition) is 8. The molecule has 0 aromatic heterocycles. The van der Waals surface area contributed by atoms with Gasteiger partial charge in [0.15, 0.2) is 5.76 Å². The lowest BCUT2D eigenvalue weighted by molar-refractivity contribution is -0.407. The van der Waals surface area contributed by atoms with Gasteiger partial charge in [-0.3, -0.25) is 9.59 Å².